The van der Waals surface area contributed by atoms with Gasteiger partial charge in [-0.25, -0.2) is 0 Å². The van der Waals surface area contributed by atoms with Gasteiger partial charge in [0, 0.05) is 40.1 Å². The fourth-order valence-electron chi connectivity index (χ4n) is 2.20. The fourth-order valence-corrected chi connectivity index (χ4v) is 2.20. The van der Waals surface area contributed by atoms with Crippen molar-refractivity contribution in [2.75, 3.05) is 39.6 Å². The van der Waals surface area contributed by atoms with Crippen molar-refractivity contribution in [3.05, 3.63) is 12.3 Å². The van der Waals surface area contributed by atoms with Crippen LogP contribution in [0, 0.1) is 0 Å². The first-order valence-corrected chi connectivity index (χ1v) is 5.80. The van der Waals surface area contributed by atoms with Crippen molar-refractivity contribution in [1.29, 1.82) is 0 Å². The topological polar surface area (TPSA) is 65.5 Å². The third-order valence-electron chi connectivity index (χ3n) is 3.20. The minimum Gasteiger partial charge on any atom is -0.382 e. The van der Waals surface area contributed by atoms with Crippen molar-refractivity contribution in [3.8, 4) is 0 Å². The monoisotopic (exact) mass is 240 g/mol. The summed E-state index contributed by atoms with van der Waals surface area (Å²) in [5.74, 6) is 0.566. The first kappa shape index (κ1) is 12.3. The van der Waals surface area contributed by atoms with E-state index in [1.165, 1.54) is 0 Å². The van der Waals surface area contributed by atoms with Crippen LogP contribution in [0.15, 0.2) is 12.3 Å². The van der Waals surface area contributed by atoms with E-state index < -0.39 is 0 Å². The van der Waals surface area contributed by atoms with Crippen molar-refractivity contribution in [1.82, 2.24) is 14.7 Å². The van der Waals surface area contributed by atoms with Crippen LogP contribution in [0.2, 0.25) is 0 Å². The van der Waals surface area contributed by atoms with Crippen LogP contribution in [0.1, 0.15) is 0 Å². The van der Waals surface area contributed by atoms with Crippen molar-refractivity contribution < 1.29 is 9.47 Å². The van der Waals surface area contributed by atoms with Gasteiger partial charge in [0.05, 0.1) is 18.8 Å². The van der Waals surface area contributed by atoms with Crippen LogP contribution in [0.4, 0.5) is 5.82 Å². The Morgan fingerprint density at radius 2 is 1.94 bits per heavy atom. The van der Waals surface area contributed by atoms with Crippen molar-refractivity contribution in [3.63, 3.8) is 0 Å². The Hall–Kier alpha value is -1.11. The lowest BCUT2D eigenvalue weighted by molar-refractivity contribution is -0.00461. The number of hydrogen-bond acceptors (Lipinski definition) is 5. The summed E-state index contributed by atoms with van der Waals surface area (Å²) < 4.78 is 12.6. The normalized spacial score (nSPS) is 25.5. The zero-order valence-electron chi connectivity index (χ0n) is 10.4. The van der Waals surface area contributed by atoms with Gasteiger partial charge in [0.1, 0.15) is 5.82 Å². The number of nitrogen functional groups attached to an aromatic ring is 1. The highest BCUT2D eigenvalue weighted by atomic mass is 16.5. The van der Waals surface area contributed by atoms with E-state index in [9.17, 15) is 0 Å². The molecule has 0 aliphatic carbocycles. The van der Waals surface area contributed by atoms with Crippen LogP contribution in [0.3, 0.4) is 0 Å². The Morgan fingerprint density at radius 3 is 2.41 bits per heavy atom. The smallest absolute Gasteiger partial charge is 0.145 e. The second-order valence-electron chi connectivity index (χ2n) is 4.31. The standard InChI is InChI=1S/C11H20N4O2/c1-16-9-7-14(8-10(9)17-2)5-6-15-4-3-11(12)13-15/h3-4,9-10H,5-8H2,1-2H3,(H2,12,13). The number of aromatic nitrogens is 2. The molecule has 6 nitrogen and oxygen atoms in total. The number of nitrogens with zero attached hydrogens (tertiary/aromatic N) is 3. The zero-order valence-corrected chi connectivity index (χ0v) is 10.4. The van der Waals surface area contributed by atoms with E-state index in [2.05, 4.69) is 10.00 Å². The largest absolute Gasteiger partial charge is 0.382 e. The molecule has 2 N–H and O–H groups in total. The van der Waals surface area contributed by atoms with E-state index >= 15 is 0 Å². The van der Waals surface area contributed by atoms with Crippen LogP contribution in [-0.4, -0.2) is 60.7 Å². The molecule has 0 radical (unpaired) electrons. The Morgan fingerprint density at radius 1 is 1.29 bits per heavy atom. The Kier molecular flexibility index (Phi) is 3.98. The van der Waals surface area contributed by atoms with Gasteiger partial charge in [-0.2, -0.15) is 5.10 Å². The number of ether oxygens (including phenoxy) is 2. The van der Waals surface area contributed by atoms with Crippen molar-refractivity contribution >= 4 is 5.82 Å². The van der Waals surface area contributed by atoms with Gasteiger partial charge in [0.15, 0.2) is 0 Å². The third-order valence-corrected chi connectivity index (χ3v) is 3.20. The van der Waals surface area contributed by atoms with E-state index in [1.54, 1.807) is 20.3 Å². The number of hydrogen-bond donors (Lipinski definition) is 1. The number of anilines is 1. The summed E-state index contributed by atoms with van der Waals surface area (Å²) in [6, 6.07) is 1.81. The molecule has 1 aliphatic rings. The molecule has 96 valence electrons. The molecule has 2 heterocycles. The van der Waals surface area contributed by atoms with Crippen LogP contribution in [0.5, 0.6) is 0 Å². The summed E-state index contributed by atoms with van der Waals surface area (Å²) in [5, 5.41) is 4.16. The van der Waals surface area contributed by atoms with Crippen LogP contribution >= 0.6 is 0 Å². The van der Waals surface area contributed by atoms with Gasteiger partial charge in [0.25, 0.3) is 0 Å². The molecule has 1 aromatic rings. The number of nitrogens with two attached hydrogens (primary N) is 1. The minimum absolute atomic E-state index is 0.169. The van der Waals surface area contributed by atoms with E-state index in [-0.39, 0.29) is 12.2 Å². The quantitative estimate of drug-likeness (QED) is 0.773. The van der Waals surface area contributed by atoms with E-state index in [0.29, 0.717) is 5.82 Å². The average molecular weight is 240 g/mol. The summed E-state index contributed by atoms with van der Waals surface area (Å²) in [6.45, 7) is 3.59. The first-order valence-electron chi connectivity index (χ1n) is 5.80. The lowest BCUT2D eigenvalue weighted by Gasteiger charge is -2.14. The SMILES string of the molecule is COC1CN(CCn2ccc(N)n2)CC1OC. The van der Waals surface area contributed by atoms with Crippen LogP contribution in [0.25, 0.3) is 0 Å². The second-order valence-corrected chi connectivity index (χ2v) is 4.31. The molecule has 2 rings (SSSR count). The average Bonchev–Trinajstić information content (AvgIpc) is 2.92. The molecule has 1 aliphatic heterocycles. The van der Waals surface area contributed by atoms with Gasteiger partial charge in [-0.1, -0.05) is 0 Å². The first-order chi connectivity index (χ1) is 8.22. The molecule has 17 heavy (non-hydrogen) atoms. The molecule has 2 atom stereocenters. The molecule has 0 aromatic carbocycles. The Balaban J connectivity index is 1.81. The van der Waals surface area contributed by atoms with Crippen LogP contribution < -0.4 is 5.73 Å². The molecule has 1 aromatic heterocycles. The molecule has 1 fully saturated rings. The summed E-state index contributed by atoms with van der Waals surface area (Å²) in [5.41, 5.74) is 5.56. The summed E-state index contributed by atoms with van der Waals surface area (Å²) in [4.78, 5) is 2.32. The highest BCUT2D eigenvalue weighted by Gasteiger charge is 2.32. The van der Waals surface area contributed by atoms with Gasteiger partial charge in [0.2, 0.25) is 0 Å². The van der Waals surface area contributed by atoms with Gasteiger partial charge >= 0.3 is 0 Å². The highest BCUT2D eigenvalue weighted by Crippen LogP contribution is 2.15. The molecule has 1 saturated heterocycles. The minimum atomic E-state index is 0.169. The molecule has 0 bridgehead atoms. The molecule has 0 amide bonds. The predicted octanol–water partition coefficient (Wildman–Crippen LogP) is -0.189. The summed E-state index contributed by atoms with van der Waals surface area (Å²) >= 11 is 0. The van der Waals surface area contributed by atoms with E-state index in [4.69, 9.17) is 15.2 Å². The number of methoxy groups -OCH3 is 2. The molecule has 0 saturated carbocycles. The van der Waals surface area contributed by atoms with Crippen molar-refractivity contribution in [2.24, 2.45) is 0 Å². The maximum atomic E-state index is 5.56. The number of rotatable bonds is 5. The van der Waals surface area contributed by atoms with Gasteiger partial charge < -0.3 is 15.2 Å². The third kappa shape index (κ3) is 2.96. The number of likely N-dealkylation sites (tertiary alicyclic amines) is 1. The highest BCUT2D eigenvalue weighted by molar-refractivity contribution is 5.23. The van der Waals surface area contributed by atoms with Crippen molar-refractivity contribution in [2.45, 2.75) is 18.8 Å². The second kappa shape index (κ2) is 5.48. The lowest BCUT2D eigenvalue weighted by atomic mass is 10.3. The zero-order chi connectivity index (χ0) is 12.3. The Bertz CT molecular complexity index is 343. The van der Waals surface area contributed by atoms with Gasteiger partial charge in [-0.05, 0) is 6.07 Å². The molecular formula is C11H20N4O2. The summed E-state index contributed by atoms with van der Waals surface area (Å²) in [7, 11) is 3.46. The molecular weight excluding hydrogens is 220 g/mol. The maximum absolute atomic E-state index is 5.56. The van der Waals surface area contributed by atoms with Gasteiger partial charge in [-0.15, -0.1) is 0 Å². The van der Waals surface area contributed by atoms with E-state index in [0.717, 1.165) is 26.2 Å². The molecule has 6 heteroatoms. The lowest BCUT2D eigenvalue weighted by Crippen LogP contribution is -2.27. The van der Waals surface area contributed by atoms with E-state index in [1.807, 2.05) is 10.9 Å². The van der Waals surface area contributed by atoms with Gasteiger partial charge in [-0.3, -0.25) is 9.58 Å². The van der Waals surface area contributed by atoms with Crippen LogP contribution in [-0.2, 0) is 16.0 Å². The Labute approximate surface area is 101 Å². The fraction of sp³-hybridized carbons (Fsp3) is 0.727. The molecule has 2 unspecified atom stereocenters. The molecule has 0 spiro atoms. The predicted molar refractivity (Wildman–Crippen MR) is 64.7 cm³/mol. The maximum Gasteiger partial charge on any atom is 0.145 e. The summed E-state index contributed by atoms with van der Waals surface area (Å²) in [6.07, 6.45) is 2.23.